The van der Waals surface area contributed by atoms with Gasteiger partial charge in [-0.05, 0) is 56.0 Å². The Labute approximate surface area is 158 Å². The highest BCUT2D eigenvalue weighted by Gasteiger charge is 2.24. The van der Waals surface area contributed by atoms with Gasteiger partial charge in [0.1, 0.15) is 17.4 Å². The number of nitrogens with one attached hydrogen (secondary N) is 1. The highest BCUT2D eigenvalue weighted by Crippen LogP contribution is 2.25. The third-order valence-corrected chi connectivity index (χ3v) is 3.74. The van der Waals surface area contributed by atoms with E-state index in [1.165, 1.54) is 29.7 Å². The van der Waals surface area contributed by atoms with E-state index in [4.69, 9.17) is 14.9 Å². The van der Waals surface area contributed by atoms with Crippen LogP contribution in [0.2, 0.25) is 0 Å². The molecule has 0 radical (unpaired) electrons. The molecule has 0 aromatic heterocycles. The molecule has 27 heavy (non-hydrogen) atoms. The Morgan fingerprint density at radius 1 is 1.07 bits per heavy atom. The molecule has 0 heterocycles. The first kappa shape index (κ1) is 20.3. The van der Waals surface area contributed by atoms with E-state index >= 15 is 0 Å². The number of carboxylic acid groups (broad SMARTS) is 1. The van der Waals surface area contributed by atoms with Gasteiger partial charge in [-0.3, -0.25) is 0 Å². The molecule has 0 bridgehead atoms. The maximum Gasteiger partial charge on any atom is 0.408 e. The number of amides is 1. The molecular weight excluding hydrogens is 346 g/mol. The number of benzene rings is 2. The highest BCUT2D eigenvalue weighted by molar-refractivity contribution is 5.80. The molecule has 0 spiro atoms. The van der Waals surface area contributed by atoms with Crippen LogP contribution in [0.1, 0.15) is 37.5 Å². The summed E-state index contributed by atoms with van der Waals surface area (Å²) in [7, 11) is 0. The monoisotopic (exact) mass is 371 g/mol. The van der Waals surface area contributed by atoms with Gasteiger partial charge in [0.15, 0.2) is 0 Å². The van der Waals surface area contributed by atoms with Crippen molar-refractivity contribution in [3.8, 4) is 5.75 Å². The molecule has 3 N–H and O–H groups in total. The van der Waals surface area contributed by atoms with Crippen molar-refractivity contribution in [3.63, 3.8) is 0 Å². The highest BCUT2D eigenvalue weighted by atomic mass is 16.6. The number of hydrogen-bond acceptors (Lipinski definition) is 4. The molecule has 0 saturated heterocycles. The van der Waals surface area contributed by atoms with Gasteiger partial charge in [0.2, 0.25) is 0 Å². The summed E-state index contributed by atoms with van der Waals surface area (Å²) in [5, 5.41) is 20.6. The molecule has 0 saturated carbocycles. The van der Waals surface area contributed by atoms with Crippen LogP contribution in [-0.2, 0) is 22.4 Å². The minimum absolute atomic E-state index is 0.0979. The molecule has 0 unspecified atom stereocenters. The Balaban J connectivity index is 0.000000304. The summed E-state index contributed by atoms with van der Waals surface area (Å²) in [4.78, 5) is 22.7. The Hall–Kier alpha value is -3.02. The summed E-state index contributed by atoms with van der Waals surface area (Å²) in [6, 6.07) is 13.6. The summed E-state index contributed by atoms with van der Waals surface area (Å²) in [5.74, 6) is -1.05. The zero-order chi connectivity index (χ0) is 20.0. The molecule has 1 aliphatic rings. The van der Waals surface area contributed by atoms with Crippen LogP contribution in [0.5, 0.6) is 5.75 Å². The zero-order valence-corrected chi connectivity index (χ0v) is 15.7. The lowest BCUT2D eigenvalue weighted by Crippen LogP contribution is -2.44. The number of carbonyl (C=O) groups excluding carboxylic acids is 1. The third kappa shape index (κ3) is 7.40. The molecular formula is C21H25NO5. The van der Waals surface area contributed by atoms with Crippen LogP contribution >= 0.6 is 0 Å². The van der Waals surface area contributed by atoms with E-state index in [1.807, 2.05) is 0 Å². The molecule has 3 rings (SSSR count). The maximum atomic E-state index is 11.6. The largest absolute Gasteiger partial charge is 0.508 e. The van der Waals surface area contributed by atoms with Crippen molar-refractivity contribution in [3.05, 3.63) is 65.2 Å². The van der Waals surface area contributed by atoms with E-state index in [9.17, 15) is 9.59 Å². The fourth-order valence-electron chi connectivity index (χ4n) is 2.35. The second-order valence-corrected chi connectivity index (χ2v) is 7.35. The second-order valence-electron chi connectivity index (χ2n) is 7.35. The molecule has 1 atom stereocenters. The van der Waals surface area contributed by atoms with Crippen molar-refractivity contribution < 1.29 is 24.5 Å². The average Bonchev–Trinajstić information content (AvgIpc) is 3.34. The molecule has 144 valence electrons. The normalized spacial score (nSPS) is 12.7. The van der Waals surface area contributed by atoms with Crippen molar-refractivity contribution in [1.82, 2.24) is 5.32 Å². The van der Waals surface area contributed by atoms with Gasteiger partial charge in [-0.15, -0.1) is 0 Å². The van der Waals surface area contributed by atoms with Crippen LogP contribution in [0, 0.1) is 0 Å². The fourth-order valence-corrected chi connectivity index (χ4v) is 2.35. The van der Waals surface area contributed by atoms with Gasteiger partial charge in [-0.2, -0.15) is 0 Å². The first-order chi connectivity index (χ1) is 12.6. The fraction of sp³-hybridized carbons (Fsp3) is 0.333. The van der Waals surface area contributed by atoms with Gasteiger partial charge < -0.3 is 20.3 Å². The van der Waals surface area contributed by atoms with Gasteiger partial charge in [0.25, 0.3) is 0 Å². The van der Waals surface area contributed by atoms with Crippen molar-refractivity contribution in [2.45, 2.75) is 45.3 Å². The van der Waals surface area contributed by atoms with Crippen LogP contribution in [0.3, 0.4) is 0 Å². The van der Waals surface area contributed by atoms with Gasteiger partial charge in [0.05, 0.1) is 0 Å². The van der Waals surface area contributed by atoms with E-state index in [2.05, 4.69) is 29.6 Å². The Bertz CT molecular complexity index is 772. The van der Waals surface area contributed by atoms with Crippen LogP contribution < -0.4 is 5.32 Å². The number of fused-ring (bicyclic) bond motifs is 1. The maximum absolute atomic E-state index is 11.6. The summed E-state index contributed by atoms with van der Waals surface area (Å²) < 4.78 is 5.02. The lowest BCUT2D eigenvalue weighted by molar-refractivity contribution is -0.139. The smallest absolute Gasteiger partial charge is 0.408 e. The standard InChI is InChI=1S/C14H19NO5.C7H6/c1-14(2,3)20-13(19)15-11(12(17)18)8-9-4-6-10(16)7-5-9;1-2-4-7-5-6(7)3-1/h4-7,11,16H,8H2,1-3H3,(H,15,19)(H,17,18);1-4H,5H2/t11-;/m0./s1. The van der Waals surface area contributed by atoms with Crippen molar-refractivity contribution in [1.29, 1.82) is 0 Å². The van der Waals surface area contributed by atoms with E-state index in [0.717, 1.165) is 0 Å². The molecule has 1 aliphatic carbocycles. The molecule has 1 amide bonds. The van der Waals surface area contributed by atoms with E-state index < -0.39 is 23.7 Å². The van der Waals surface area contributed by atoms with Crippen LogP contribution in [-0.4, -0.2) is 33.9 Å². The molecule has 0 fully saturated rings. The lowest BCUT2D eigenvalue weighted by atomic mass is 10.1. The van der Waals surface area contributed by atoms with Crippen molar-refractivity contribution >= 4 is 12.1 Å². The summed E-state index contributed by atoms with van der Waals surface area (Å²) >= 11 is 0. The number of aliphatic carboxylic acids is 1. The van der Waals surface area contributed by atoms with Crippen LogP contribution in [0.25, 0.3) is 0 Å². The van der Waals surface area contributed by atoms with Gasteiger partial charge in [-0.1, -0.05) is 36.4 Å². The topological polar surface area (TPSA) is 95.9 Å². The predicted octanol–water partition coefficient (Wildman–Crippen LogP) is 3.50. The molecule has 6 nitrogen and oxygen atoms in total. The van der Waals surface area contributed by atoms with Crippen molar-refractivity contribution in [2.24, 2.45) is 0 Å². The number of carbonyl (C=O) groups is 2. The van der Waals surface area contributed by atoms with E-state index in [-0.39, 0.29) is 12.2 Å². The Morgan fingerprint density at radius 3 is 2.07 bits per heavy atom. The number of phenols is 1. The molecule has 0 aliphatic heterocycles. The number of rotatable bonds is 4. The summed E-state index contributed by atoms with van der Waals surface area (Å²) in [6.45, 7) is 5.09. The van der Waals surface area contributed by atoms with Crippen molar-refractivity contribution in [2.75, 3.05) is 0 Å². The lowest BCUT2D eigenvalue weighted by Gasteiger charge is -2.22. The van der Waals surface area contributed by atoms with E-state index in [0.29, 0.717) is 5.56 Å². The summed E-state index contributed by atoms with van der Waals surface area (Å²) in [6.07, 6.45) is 0.575. The number of hydrogen-bond donors (Lipinski definition) is 3. The predicted molar refractivity (Wildman–Crippen MR) is 102 cm³/mol. The molecule has 2 aromatic carbocycles. The number of alkyl carbamates (subject to hydrolysis) is 1. The Kier molecular flexibility index (Phi) is 6.45. The molecule has 2 aromatic rings. The summed E-state index contributed by atoms with van der Waals surface area (Å²) in [5.41, 5.74) is 3.06. The average molecular weight is 371 g/mol. The first-order valence-electron chi connectivity index (χ1n) is 8.71. The zero-order valence-electron chi connectivity index (χ0n) is 15.7. The van der Waals surface area contributed by atoms with E-state index in [1.54, 1.807) is 32.9 Å². The second kappa shape index (κ2) is 8.58. The van der Waals surface area contributed by atoms with Gasteiger partial charge >= 0.3 is 12.1 Å². The van der Waals surface area contributed by atoms with Crippen LogP contribution in [0.4, 0.5) is 4.79 Å². The SMILES string of the molecule is CC(C)(C)OC(=O)N[C@@H](Cc1ccc(O)cc1)C(=O)O.c1ccc2c(c1)C2. The van der Waals surface area contributed by atoms with Gasteiger partial charge in [0, 0.05) is 6.42 Å². The Morgan fingerprint density at radius 2 is 1.63 bits per heavy atom. The minimum atomic E-state index is -1.15. The number of phenolic OH excluding ortho intramolecular Hbond substituents is 1. The minimum Gasteiger partial charge on any atom is -0.508 e. The molecule has 6 heteroatoms. The van der Waals surface area contributed by atoms with Gasteiger partial charge in [-0.25, -0.2) is 9.59 Å². The number of carboxylic acids is 1. The quantitative estimate of drug-likeness (QED) is 0.652. The number of ether oxygens (including phenoxy) is 1. The number of aromatic hydroxyl groups is 1. The van der Waals surface area contributed by atoms with Crippen LogP contribution in [0.15, 0.2) is 48.5 Å². The third-order valence-electron chi connectivity index (χ3n) is 3.74. The first-order valence-corrected chi connectivity index (χ1v) is 8.71.